The summed E-state index contributed by atoms with van der Waals surface area (Å²) < 4.78 is 63.2. The molecule has 0 bridgehead atoms. The Balaban J connectivity index is 1.67. The van der Waals surface area contributed by atoms with Gasteiger partial charge in [0.15, 0.2) is 11.6 Å². The van der Waals surface area contributed by atoms with Gasteiger partial charge in [-0.1, -0.05) is 0 Å². The van der Waals surface area contributed by atoms with Gasteiger partial charge < -0.3 is 15.6 Å². The number of amides is 1. The van der Waals surface area contributed by atoms with E-state index in [2.05, 4.69) is 20.6 Å². The van der Waals surface area contributed by atoms with Gasteiger partial charge in [-0.3, -0.25) is 4.79 Å². The average Bonchev–Trinajstić information content (AvgIpc) is 3.00. The van der Waals surface area contributed by atoms with E-state index in [4.69, 9.17) is 0 Å². The lowest BCUT2D eigenvalue weighted by molar-refractivity contribution is -0.134. The number of hydrogen-bond donors (Lipinski definition) is 3. The van der Waals surface area contributed by atoms with Crippen LogP contribution in [0.15, 0.2) is 36.7 Å². The zero-order chi connectivity index (χ0) is 20.3. The van der Waals surface area contributed by atoms with Crippen molar-refractivity contribution in [2.24, 2.45) is 0 Å². The lowest BCUT2D eigenvalue weighted by Gasteiger charge is -2.09. The molecule has 28 heavy (non-hydrogen) atoms. The molecule has 148 valence electrons. The van der Waals surface area contributed by atoms with E-state index in [-0.39, 0.29) is 30.0 Å². The maximum absolute atomic E-state index is 13.5. The summed E-state index contributed by atoms with van der Waals surface area (Å²) in [5.41, 5.74) is 0.775. The van der Waals surface area contributed by atoms with Crippen LogP contribution in [-0.2, 0) is 0 Å². The van der Waals surface area contributed by atoms with Gasteiger partial charge in [0.05, 0.1) is 11.2 Å². The maximum atomic E-state index is 13.5. The van der Waals surface area contributed by atoms with Crippen LogP contribution in [0, 0.1) is 11.6 Å². The number of benzene rings is 1. The van der Waals surface area contributed by atoms with Crippen molar-refractivity contribution in [3.63, 3.8) is 0 Å². The second-order valence-corrected chi connectivity index (χ2v) is 6.04. The number of anilines is 2. The summed E-state index contributed by atoms with van der Waals surface area (Å²) in [6.07, 6.45) is -2.53. The lowest BCUT2D eigenvalue weighted by Crippen LogP contribution is -2.14. The number of alkyl halides is 3. The average molecular weight is 398 g/mol. The minimum absolute atomic E-state index is 0.0465. The summed E-state index contributed by atoms with van der Waals surface area (Å²) in [5, 5.41) is 5.60. The fourth-order valence-corrected chi connectivity index (χ4v) is 2.59. The van der Waals surface area contributed by atoms with Crippen molar-refractivity contribution in [3.8, 4) is 0 Å². The van der Waals surface area contributed by atoms with Gasteiger partial charge in [-0.25, -0.2) is 13.8 Å². The van der Waals surface area contributed by atoms with Gasteiger partial charge in [0, 0.05) is 42.4 Å². The van der Waals surface area contributed by atoms with E-state index in [1.54, 1.807) is 0 Å². The number of rotatable bonds is 6. The highest BCUT2D eigenvalue weighted by Crippen LogP contribution is 2.26. The van der Waals surface area contributed by atoms with Crippen LogP contribution in [0.25, 0.3) is 10.9 Å². The Morgan fingerprint density at radius 3 is 2.64 bits per heavy atom. The summed E-state index contributed by atoms with van der Waals surface area (Å²) in [4.78, 5) is 19.1. The van der Waals surface area contributed by atoms with Crippen LogP contribution in [0.4, 0.5) is 33.5 Å². The molecule has 0 atom stereocenters. The van der Waals surface area contributed by atoms with Crippen molar-refractivity contribution in [1.82, 2.24) is 9.97 Å². The molecule has 2 heterocycles. The van der Waals surface area contributed by atoms with E-state index >= 15 is 0 Å². The highest BCUT2D eigenvalue weighted by Gasteiger charge is 2.25. The van der Waals surface area contributed by atoms with Gasteiger partial charge in [-0.2, -0.15) is 13.2 Å². The quantitative estimate of drug-likeness (QED) is 0.411. The molecule has 2 aromatic heterocycles. The number of H-pyrrole nitrogens is 1. The molecular weight excluding hydrogens is 383 g/mol. The molecule has 0 spiro atoms. The summed E-state index contributed by atoms with van der Waals surface area (Å²) in [5.74, 6) is -2.34. The zero-order valence-electron chi connectivity index (χ0n) is 14.3. The van der Waals surface area contributed by atoms with Crippen LogP contribution >= 0.6 is 0 Å². The predicted molar refractivity (Wildman–Crippen MR) is 94.2 cm³/mol. The smallest absolute Gasteiger partial charge is 0.370 e. The van der Waals surface area contributed by atoms with Crippen molar-refractivity contribution in [1.29, 1.82) is 0 Å². The molecule has 0 aliphatic heterocycles. The number of aromatic amines is 1. The number of fused-ring (bicyclic) bond motifs is 1. The number of nitrogens with zero attached hydrogens (tertiary/aromatic N) is 1. The van der Waals surface area contributed by atoms with Gasteiger partial charge in [0.2, 0.25) is 0 Å². The third-order valence-corrected chi connectivity index (χ3v) is 3.94. The van der Waals surface area contributed by atoms with Crippen LogP contribution in [0.5, 0.6) is 0 Å². The first-order valence-corrected chi connectivity index (χ1v) is 8.27. The number of nitrogens with one attached hydrogen (secondary N) is 3. The van der Waals surface area contributed by atoms with Gasteiger partial charge >= 0.3 is 6.18 Å². The van der Waals surface area contributed by atoms with Gasteiger partial charge in [-0.05, 0) is 24.6 Å². The largest absolute Gasteiger partial charge is 0.389 e. The van der Waals surface area contributed by atoms with E-state index in [1.165, 1.54) is 24.5 Å². The Morgan fingerprint density at radius 1 is 1.14 bits per heavy atom. The first-order chi connectivity index (χ1) is 13.2. The van der Waals surface area contributed by atoms with Crippen molar-refractivity contribution < 1.29 is 26.7 Å². The lowest BCUT2D eigenvalue weighted by atomic mass is 10.2. The molecule has 3 N–H and O–H groups in total. The van der Waals surface area contributed by atoms with Gasteiger partial charge in [0.25, 0.3) is 5.91 Å². The molecule has 5 nitrogen and oxygen atoms in total. The van der Waals surface area contributed by atoms with Crippen molar-refractivity contribution in [2.75, 3.05) is 17.2 Å². The van der Waals surface area contributed by atoms with Gasteiger partial charge in [0.1, 0.15) is 5.82 Å². The minimum Gasteiger partial charge on any atom is -0.370 e. The molecule has 10 heteroatoms. The molecule has 3 rings (SSSR count). The number of halogens is 5. The highest BCUT2D eigenvalue weighted by atomic mass is 19.4. The Bertz CT molecular complexity index is 999. The normalized spacial score (nSPS) is 11.6. The molecule has 0 unspecified atom stereocenters. The molecule has 0 saturated heterocycles. The summed E-state index contributed by atoms with van der Waals surface area (Å²) in [6.45, 7) is 0.0465. The van der Waals surface area contributed by atoms with Crippen molar-refractivity contribution in [2.45, 2.75) is 19.0 Å². The first-order valence-electron chi connectivity index (χ1n) is 8.27. The highest BCUT2D eigenvalue weighted by molar-refractivity contribution is 6.09. The van der Waals surface area contributed by atoms with E-state index in [9.17, 15) is 26.7 Å². The Labute approximate surface area is 156 Å². The molecule has 0 radical (unpaired) electrons. The minimum atomic E-state index is -4.22. The van der Waals surface area contributed by atoms with Crippen LogP contribution in [0.1, 0.15) is 23.2 Å². The van der Waals surface area contributed by atoms with Gasteiger partial charge in [-0.15, -0.1) is 0 Å². The van der Waals surface area contributed by atoms with E-state index < -0.39 is 30.1 Å². The fraction of sp³-hybridized carbons (Fsp3) is 0.222. The first kappa shape index (κ1) is 19.6. The van der Waals surface area contributed by atoms with E-state index in [1.807, 2.05) is 0 Å². The second-order valence-electron chi connectivity index (χ2n) is 6.04. The Kier molecular flexibility index (Phi) is 5.48. The third kappa shape index (κ3) is 4.76. The number of carbonyl (C=O) groups excluding carboxylic acids is 1. The molecule has 0 fully saturated rings. The zero-order valence-corrected chi connectivity index (χ0v) is 14.3. The van der Waals surface area contributed by atoms with Crippen LogP contribution in [-0.4, -0.2) is 28.6 Å². The molecular formula is C18H15F5N4O. The fourth-order valence-electron chi connectivity index (χ4n) is 2.59. The number of carbonyl (C=O) groups is 1. The Morgan fingerprint density at radius 2 is 1.89 bits per heavy atom. The molecule has 0 aliphatic rings. The molecule has 0 saturated carbocycles. The van der Waals surface area contributed by atoms with Crippen molar-refractivity contribution in [3.05, 3.63) is 53.9 Å². The third-order valence-electron chi connectivity index (χ3n) is 3.94. The van der Waals surface area contributed by atoms with Crippen LogP contribution < -0.4 is 10.6 Å². The molecule has 1 aromatic carbocycles. The SMILES string of the molecule is O=C(Nc1c[nH]c2cc(F)c(F)cc12)c1ccnc(NCCCC(F)(F)F)c1. The second kappa shape index (κ2) is 7.83. The Hall–Kier alpha value is -3.17. The van der Waals surface area contributed by atoms with Crippen LogP contribution in [0.2, 0.25) is 0 Å². The predicted octanol–water partition coefficient (Wildman–Crippen LogP) is 4.85. The number of aromatic nitrogens is 2. The van der Waals surface area contributed by atoms with Crippen molar-refractivity contribution >= 4 is 28.3 Å². The monoisotopic (exact) mass is 398 g/mol. The van der Waals surface area contributed by atoms with Crippen LogP contribution in [0.3, 0.4) is 0 Å². The summed E-state index contributed by atoms with van der Waals surface area (Å²) in [6, 6.07) is 4.76. The van der Waals surface area contributed by atoms with E-state index in [0.29, 0.717) is 10.9 Å². The summed E-state index contributed by atoms with van der Waals surface area (Å²) in [7, 11) is 0. The number of pyridine rings is 1. The topological polar surface area (TPSA) is 69.8 Å². The molecule has 3 aromatic rings. The maximum Gasteiger partial charge on any atom is 0.389 e. The molecule has 1 amide bonds. The summed E-state index contributed by atoms with van der Waals surface area (Å²) >= 11 is 0. The van der Waals surface area contributed by atoms with E-state index in [0.717, 1.165) is 12.1 Å². The standard InChI is InChI=1S/C18H15F5N4O/c19-12-7-11-14(8-13(12)20)26-9-15(11)27-17(28)10-2-5-25-16(6-10)24-4-1-3-18(21,22)23/h2,5-9,26H,1,3-4H2,(H,24,25)(H,27,28). The number of hydrogen-bond acceptors (Lipinski definition) is 3. The molecule has 0 aliphatic carbocycles.